The van der Waals surface area contributed by atoms with E-state index in [0.29, 0.717) is 12.5 Å². The van der Waals surface area contributed by atoms with Gasteiger partial charge in [-0.2, -0.15) is 0 Å². The van der Waals surface area contributed by atoms with Crippen molar-refractivity contribution in [3.05, 3.63) is 54.1 Å². The Morgan fingerprint density at radius 2 is 1.92 bits per heavy atom. The zero-order chi connectivity index (χ0) is 17.6. The number of nitrogens with zero attached hydrogens (tertiary/aromatic N) is 3. The zero-order valence-corrected chi connectivity index (χ0v) is 15.1. The number of imidazole rings is 1. The van der Waals surface area contributed by atoms with E-state index in [2.05, 4.69) is 46.2 Å². The molecule has 0 aliphatic heterocycles. The molecule has 2 aromatic rings. The van der Waals surface area contributed by atoms with Gasteiger partial charge in [0.15, 0.2) is 0 Å². The van der Waals surface area contributed by atoms with Crippen LogP contribution in [0, 0.1) is 17.8 Å². The Hall–Kier alpha value is -2.54. The molecule has 0 radical (unpaired) electrons. The quantitative estimate of drug-likeness (QED) is 0.457. The predicted octanol–water partition coefficient (Wildman–Crippen LogP) is 4.40. The number of benzene rings is 1. The maximum atomic E-state index is 5.89. The Balaban J connectivity index is 1.50. The van der Waals surface area contributed by atoms with Crippen LogP contribution < -0.4 is 0 Å². The fraction of sp³-hybridized carbons (Fsp3) is 0.455. The molecule has 0 atom stereocenters. The van der Waals surface area contributed by atoms with Gasteiger partial charge in [-0.25, -0.2) is 4.98 Å². The summed E-state index contributed by atoms with van der Waals surface area (Å²) in [7, 11) is 0. The molecule has 134 valence electrons. The summed E-state index contributed by atoms with van der Waals surface area (Å²) in [5, 5.41) is 4.54. The fourth-order valence-corrected chi connectivity index (χ4v) is 3.19. The highest BCUT2D eigenvalue weighted by Crippen LogP contribution is 2.27. The Morgan fingerprint density at radius 3 is 2.62 bits per heavy atom. The third-order valence-corrected chi connectivity index (χ3v) is 4.97. The van der Waals surface area contributed by atoms with E-state index in [1.54, 1.807) is 6.20 Å². The summed E-state index contributed by atoms with van der Waals surface area (Å²) in [4.78, 5) is 10.0. The van der Waals surface area contributed by atoms with Gasteiger partial charge in [-0.05, 0) is 50.7 Å². The van der Waals surface area contributed by atoms with Gasteiger partial charge in [0.05, 0.1) is 12.9 Å². The molecule has 2 fully saturated rings. The molecule has 4 rings (SSSR count). The molecular weight excluding hydrogens is 322 g/mol. The molecule has 0 amide bonds. The summed E-state index contributed by atoms with van der Waals surface area (Å²) in [6.07, 6.45) is 14.3. The first kappa shape index (κ1) is 16.9. The minimum Gasteiger partial charge on any atom is -0.392 e. The number of hydrogen-bond acceptors (Lipinski definition) is 3. The van der Waals surface area contributed by atoms with E-state index in [1.165, 1.54) is 32.1 Å². The van der Waals surface area contributed by atoms with Crippen LogP contribution in [0.2, 0.25) is 0 Å². The van der Waals surface area contributed by atoms with E-state index in [9.17, 15) is 0 Å². The lowest BCUT2D eigenvalue weighted by Crippen LogP contribution is -2.17. The van der Waals surface area contributed by atoms with Crippen LogP contribution in [0.25, 0.3) is 0 Å². The van der Waals surface area contributed by atoms with Gasteiger partial charge >= 0.3 is 0 Å². The second kappa shape index (κ2) is 8.23. The molecular formula is C22H25N3O. The van der Waals surface area contributed by atoms with Crippen LogP contribution in [0.15, 0.2) is 48.1 Å². The topological polar surface area (TPSA) is 39.4 Å². The minimum atomic E-state index is 0.255. The molecule has 1 heterocycles. The molecule has 0 spiro atoms. The average Bonchev–Trinajstić information content (AvgIpc) is 3.39. The highest BCUT2D eigenvalue weighted by Gasteiger charge is 2.18. The largest absolute Gasteiger partial charge is 0.392 e. The molecule has 0 bridgehead atoms. The fourth-order valence-electron chi connectivity index (χ4n) is 3.19. The van der Waals surface area contributed by atoms with Gasteiger partial charge in [0, 0.05) is 29.4 Å². The SMILES string of the molecule is C(#CC1CC1)c1ccc(C(Cn2ccnc2)=NOC2CCCCC2)cc1. The molecule has 1 aromatic carbocycles. The summed E-state index contributed by atoms with van der Waals surface area (Å²) in [6, 6.07) is 8.34. The Kier molecular flexibility index (Phi) is 5.35. The first-order chi connectivity index (χ1) is 12.9. The van der Waals surface area contributed by atoms with Gasteiger partial charge in [0.2, 0.25) is 0 Å². The van der Waals surface area contributed by atoms with E-state index in [-0.39, 0.29) is 6.10 Å². The van der Waals surface area contributed by atoms with Crippen molar-refractivity contribution in [1.29, 1.82) is 0 Å². The number of rotatable bonds is 5. The lowest BCUT2D eigenvalue weighted by atomic mass is 9.98. The maximum absolute atomic E-state index is 5.89. The van der Waals surface area contributed by atoms with E-state index >= 15 is 0 Å². The summed E-state index contributed by atoms with van der Waals surface area (Å²) >= 11 is 0. The van der Waals surface area contributed by atoms with Gasteiger partial charge in [0.1, 0.15) is 11.8 Å². The van der Waals surface area contributed by atoms with E-state index in [4.69, 9.17) is 4.84 Å². The van der Waals surface area contributed by atoms with E-state index in [1.807, 2.05) is 17.1 Å². The van der Waals surface area contributed by atoms with Gasteiger partial charge in [-0.3, -0.25) is 0 Å². The van der Waals surface area contributed by atoms with Gasteiger partial charge < -0.3 is 9.40 Å². The number of hydrogen-bond donors (Lipinski definition) is 0. The zero-order valence-electron chi connectivity index (χ0n) is 15.1. The molecule has 2 saturated carbocycles. The predicted molar refractivity (Wildman–Crippen MR) is 103 cm³/mol. The molecule has 1 aromatic heterocycles. The molecule has 4 nitrogen and oxygen atoms in total. The first-order valence-electron chi connectivity index (χ1n) is 9.67. The average molecular weight is 347 g/mol. The molecule has 2 aliphatic rings. The van der Waals surface area contributed by atoms with Crippen LogP contribution in [-0.4, -0.2) is 21.4 Å². The van der Waals surface area contributed by atoms with Crippen molar-refractivity contribution in [2.45, 2.75) is 57.6 Å². The van der Waals surface area contributed by atoms with E-state index in [0.717, 1.165) is 29.7 Å². The van der Waals surface area contributed by atoms with Crippen molar-refractivity contribution in [3.63, 3.8) is 0 Å². The van der Waals surface area contributed by atoms with Gasteiger partial charge in [-0.1, -0.05) is 35.6 Å². The van der Waals surface area contributed by atoms with Crippen LogP contribution in [0.5, 0.6) is 0 Å². The van der Waals surface area contributed by atoms with Crippen molar-refractivity contribution >= 4 is 5.71 Å². The summed E-state index contributed by atoms with van der Waals surface area (Å²) in [5.41, 5.74) is 3.07. The number of aromatic nitrogens is 2. The van der Waals surface area contributed by atoms with Crippen molar-refractivity contribution in [1.82, 2.24) is 9.55 Å². The molecule has 0 saturated heterocycles. The summed E-state index contributed by atoms with van der Waals surface area (Å²) < 4.78 is 2.02. The standard InChI is InChI=1S/C22H25N3O/c1-2-4-21(5-3-1)26-24-22(16-25-15-14-23-17-25)20-12-10-19(11-13-20)9-8-18-6-7-18/h10-15,17-18,21H,1-7,16H2. The van der Waals surface area contributed by atoms with Crippen molar-refractivity contribution in [2.24, 2.45) is 11.1 Å². The Morgan fingerprint density at radius 1 is 1.12 bits per heavy atom. The second-order valence-corrected chi connectivity index (χ2v) is 7.26. The Bertz CT molecular complexity index is 786. The van der Waals surface area contributed by atoms with Crippen LogP contribution in [0.4, 0.5) is 0 Å². The minimum absolute atomic E-state index is 0.255. The highest BCUT2D eigenvalue weighted by atomic mass is 16.6. The van der Waals surface area contributed by atoms with Crippen molar-refractivity contribution in [2.75, 3.05) is 0 Å². The van der Waals surface area contributed by atoms with Crippen LogP contribution in [-0.2, 0) is 11.4 Å². The van der Waals surface area contributed by atoms with Crippen LogP contribution in [0.1, 0.15) is 56.1 Å². The monoisotopic (exact) mass is 347 g/mol. The molecule has 26 heavy (non-hydrogen) atoms. The maximum Gasteiger partial charge on any atom is 0.127 e. The third kappa shape index (κ3) is 4.76. The van der Waals surface area contributed by atoms with Gasteiger partial charge in [-0.15, -0.1) is 0 Å². The summed E-state index contributed by atoms with van der Waals surface area (Å²) in [6.45, 7) is 0.653. The first-order valence-corrected chi connectivity index (χ1v) is 9.67. The normalized spacial score (nSPS) is 18.2. The smallest absolute Gasteiger partial charge is 0.127 e. The molecule has 2 aliphatic carbocycles. The Labute approximate surface area is 155 Å². The highest BCUT2D eigenvalue weighted by molar-refractivity contribution is 6.00. The second-order valence-electron chi connectivity index (χ2n) is 7.26. The molecule has 0 unspecified atom stereocenters. The lowest BCUT2D eigenvalue weighted by Gasteiger charge is -2.20. The van der Waals surface area contributed by atoms with Crippen LogP contribution >= 0.6 is 0 Å². The lowest BCUT2D eigenvalue weighted by molar-refractivity contribution is 0.0326. The van der Waals surface area contributed by atoms with E-state index < -0.39 is 0 Å². The summed E-state index contributed by atoms with van der Waals surface area (Å²) in [5.74, 6) is 7.20. The molecule has 4 heteroatoms. The van der Waals surface area contributed by atoms with Crippen molar-refractivity contribution in [3.8, 4) is 11.8 Å². The third-order valence-electron chi connectivity index (χ3n) is 4.97. The van der Waals surface area contributed by atoms with Gasteiger partial charge in [0.25, 0.3) is 0 Å². The number of oxime groups is 1. The van der Waals surface area contributed by atoms with Crippen molar-refractivity contribution < 1.29 is 4.84 Å². The van der Waals surface area contributed by atoms with Crippen LogP contribution in [0.3, 0.4) is 0 Å². The molecule has 0 N–H and O–H groups in total.